The third-order valence-corrected chi connectivity index (χ3v) is 4.53. The molecule has 9 heteroatoms. The fourth-order valence-corrected chi connectivity index (χ4v) is 3.20. The van der Waals surface area contributed by atoms with Crippen molar-refractivity contribution < 1.29 is 23.1 Å². The van der Waals surface area contributed by atoms with Crippen molar-refractivity contribution in [1.82, 2.24) is 4.98 Å². The van der Waals surface area contributed by atoms with Crippen molar-refractivity contribution in [3.8, 4) is 0 Å². The predicted octanol–water partition coefficient (Wildman–Crippen LogP) is 3.29. The van der Waals surface area contributed by atoms with Gasteiger partial charge in [0.25, 0.3) is 0 Å². The van der Waals surface area contributed by atoms with Crippen LogP contribution in [-0.2, 0) is 10.2 Å². The fourth-order valence-electron chi connectivity index (χ4n) is 1.27. The first-order chi connectivity index (χ1) is 7.73. The van der Waals surface area contributed by atoms with Crippen LogP contribution in [0.4, 0.5) is 8.78 Å². The van der Waals surface area contributed by atoms with E-state index in [1.54, 1.807) is 0 Å². The SMILES string of the molecule is O=P(O)(O)C(F)(F)c1cc2scnc2cc1Br. The summed E-state index contributed by atoms with van der Waals surface area (Å²) < 4.78 is 38.3. The van der Waals surface area contributed by atoms with Crippen LogP contribution in [-0.4, -0.2) is 14.8 Å². The number of hydrogen-bond acceptors (Lipinski definition) is 3. The van der Waals surface area contributed by atoms with E-state index in [-0.39, 0.29) is 4.47 Å². The van der Waals surface area contributed by atoms with Gasteiger partial charge in [0.05, 0.1) is 15.7 Å². The van der Waals surface area contributed by atoms with E-state index in [9.17, 15) is 13.3 Å². The van der Waals surface area contributed by atoms with Gasteiger partial charge >= 0.3 is 13.3 Å². The molecule has 1 aromatic carbocycles. The van der Waals surface area contributed by atoms with E-state index in [0.717, 1.165) is 17.4 Å². The van der Waals surface area contributed by atoms with E-state index < -0.39 is 18.8 Å². The molecule has 2 aromatic rings. The molecule has 0 aliphatic heterocycles. The molecule has 1 aromatic heterocycles. The predicted molar refractivity (Wildman–Crippen MR) is 63.3 cm³/mol. The molecule has 0 saturated heterocycles. The van der Waals surface area contributed by atoms with Crippen LogP contribution in [0.5, 0.6) is 0 Å². The minimum Gasteiger partial charge on any atom is -0.320 e. The summed E-state index contributed by atoms with van der Waals surface area (Å²) >= 11 is 3.99. The Kier molecular flexibility index (Phi) is 3.12. The Bertz CT molecular complexity index is 626. The lowest BCUT2D eigenvalue weighted by molar-refractivity contribution is 0.0559. The molecule has 2 rings (SSSR count). The largest absolute Gasteiger partial charge is 0.399 e. The van der Waals surface area contributed by atoms with Gasteiger partial charge in [-0.05, 0) is 12.1 Å². The van der Waals surface area contributed by atoms with Crippen molar-refractivity contribution in [2.75, 3.05) is 0 Å². The second-order valence-electron chi connectivity index (χ2n) is 3.24. The van der Waals surface area contributed by atoms with Gasteiger partial charge in [0.1, 0.15) is 0 Å². The van der Waals surface area contributed by atoms with Gasteiger partial charge in [-0.2, -0.15) is 8.78 Å². The van der Waals surface area contributed by atoms with Gasteiger partial charge in [-0.25, -0.2) is 4.98 Å². The smallest absolute Gasteiger partial charge is 0.320 e. The van der Waals surface area contributed by atoms with Gasteiger partial charge in [0, 0.05) is 10.0 Å². The van der Waals surface area contributed by atoms with Crippen molar-refractivity contribution in [3.05, 3.63) is 27.7 Å². The lowest BCUT2D eigenvalue weighted by Crippen LogP contribution is -2.14. The molecule has 2 N–H and O–H groups in total. The van der Waals surface area contributed by atoms with Crippen molar-refractivity contribution in [3.63, 3.8) is 0 Å². The molecule has 0 unspecified atom stereocenters. The van der Waals surface area contributed by atoms with Crippen molar-refractivity contribution in [2.45, 2.75) is 5.66 Å². The standard InChI is InChI=1S/C8H5BrF2NO3PS/c9-5-2-6-7(17-3-12-6)1-4(5)8(10,11)16(13,14)15/h1-3H,(H2,13,14,15). The summed E-state index contributed by atoms with van der Waals surface area (Å²) in [5.74, 6) is 0. The molecule has 0 aliphatic rings. The van der Waals surface area contributed by atoms with Gasteiger partial charge in [-0.3, -0.25) is 4.57 Å². The van der Waals surface area contributed by atoms with E-state index in [4.69, 9.17) is 9.79 Å². The Morgan fingerprint density at radius 3 is 2.65 bits per heavy atom. The molecule has 92 valence electrons. The summed E-state index contributed by atoms with van der Waals surface area (Å²) in [7, 11) is -5.56. The Balaban J connectivity index is 2.70. The molecular weight excluding hydrogens is 339 g/mol. The Labute approximate surface area is 107 Å². The van der Waals surface area contributed by atoms with Gasteiger partial charge in [-0.1, -0.05) is 15.9 Å². The molecule has 0 spiro atoms. The number of hydrogen-bond donors (Lipinski definition) is 2. The first-order valence-corrected chi connectivity index (χ1v) is 7.48. The number of thiazole rings is 1. The molecule has 0 radical (unpaired) electrons. The van der Waals surface area contributed by atoms with Crippen LogP contribution in [0.15, 0.2) is 22.1 Å². The van der Waals surface area contributed by atoms with E-state index in [2.05, 4.69) is 20.9 Å². The van der Waals surface area contributed by atoms with Crippen LogP contribution in [0.2, 0.25) is 0 Å². The zero-order chi connectivity index (χ0) is 12.8. The summed E-state index contributed by atoms with van der Waals surface area (Å²) in [6, 6.07) is 2.35. The van der Waals surface area contributed by atoms with Crippen molar-refractivity contribution in [2.24, 2.45) is 0 Å². The maximum Gasteiger partial charge on any atom is 0.399 e. The first-order valence-electron chi connectivity index (χ1n) is 4.20. The number of alkyl halides is 2. The van der Waals surface area contributed by atoms with Crippen LogP contribution in [0.1, 0.15) is 5.56 Å². The third kappa shape index (κ3) is 2.15. The van der Waals surface area contributed by atoms with Crippen LogP contribution in [0.25, 0.3) is 10.2 Å². The second kappa shape index (κ2) is 4.07. The summed E-state index contributed by atoms with van der Waals surface area (Å²) in [5.41, 5.74) is -2.99. The van der Waals surface area contributed by atoms with Gasteiger partial charge in [-0.15, -0.1) is 11.3 Å². The van der Waals surface area contributed by atoms with Gasteiger partial charge < -0.3 is 9.79 Å². The summed E-state index contributed by atoms with van der Waals surface area (Å²) in [6.07, 6.45) is 0. The zero-order valence-electron chi connectivity index (χ0n) is 7.97. The molecule has 0 bridgehead atoms. The zero-order valence-corrected chi connectivity index (χ0v) is 11.3. The number of nitrogens with zero attached hydrogens (tertiary/aromatic N) is 1. The Morgan fingerprint density at radius 2 is 2.06 bits per heavy atom. The van der Waals surface area contributed by atoms with Crippen LogP contribution < -0.4 is 0 Å². The fraction of sp³-hybridized carbons (Fsp3) is 0.125. The van der Waals surface area contributed by atoms with E-state index in [1.165, 1.54) is 11.6 Å². The van der Waals surface area contributed by atoms with E-state index in [0.29, 0.717) is 10.2 Å². The minimum absolute atomic E-state index is 0.0794. The number of aromatic nitrogens is 1. The number of benzene rings is 1. The molecule has 1 heterocycles. The average molecular weight is 344 g/mol. The lowest BCUT2D eigenvalue weighted by Gasteiger charge is -2.19. The number of halogens is 3. The van der Waals surface area contributed by atoms with Crippen LogP contribution in [0, 0.1) is 0 Å². The topological polar surface area (TPSA) is 70.4 Å². The van der Waals surface area contributed by atoms with Crippen molar-refractivity contribution >= 4 is 45.1 Å². The average Bonchev–Trinajstić information content (AvgIpc) is 2.61. The molecule has 0 fully saturated rings. The van der Waals surface area contributed by atoms with Gasteiger partial charge in [0.15, 0.2) is 0 Å². The summed E-state index contributed by atoms with van der Waals surface area (Å²) in [6.45, 7) is 0. The highest BCUT2D eigenvalue weighted by atomic mass is 79.9. The van der Waals surface area contributed by atoms with Gasteiger partial charge in [0.2, 0.25) is 0 Å². The number of rotatable bonds is 2. The lowest BCUT2D eigenvalue weighted by atomic mass is 10.2. The van der Waals surface area contributed by atoms with Crippen molar-refractivity contribution in [1.29, 1.82) is 0 Å². The Morgan fingerprint density at radius 1 is 1.41 bits per heavy atom. The molecule has 17 heavy (non-hydrogen) atoms. The second-order valence-corrected chi connectivity index (χ2v) is 6.63. The highest BCUT2D eigenvalue weighted by Gasteiger charge is 2.51. The normalized spacial score (nSPS) is 13.2. The highest BCUT2D eigenvalue weighted by Crippen LogP contribution is 2.60. The molecule has 0 atom stereocenters. The monoisotopic (exact) mass is 343 g/mol. The maximum absolute atomic E-state index is 13.5. The van der Waals surface area contributed by atoms with Crippen LogP contribution >= 0.6 is 34.9 Å². The van der Waals surface area contributed by atoms with E-state index >= 15 is 0 Å². The molecule has 0 amide bonds. The maximum atomic E-state index is 13.5. The van der Waals surface area contributed by atoms with Crippen LogP contribution in [0.3, 0.4) is 0 Å². The molecular formula is C8H5BrF2NO3PS. The van der Waals surface area contributed by atoms with E-state index in [1.807, 2.05) is 0 Å². The Hall–Kier alpha value is -0.400. The highest BCUT2D eigenvalue weighted by molar-refractivity contribution is 9.10. The molecule has 0 aliphatic carbocycles. The minimum atomic E-state index is -5.56. The quantitative estimate of drug-likeness (QED) is 0.821. The summed E-state index contributed by atoms with van der Waals surface area (Å²) in [5, 5.41) is 0. The third-order valence-electron chi connectivity index (χ3n) is 2.11. The number of fused-ring (bicyclic) bond motifs is 1. The summed E-state index contributed by atoms with van der Waals surface area (Å²) in [4.78, 5) is 21.3. The molecule has 4 nitrogen and oxygen atoms in total. The molecule has 0 saturated carbocycles. The first kappa shape index (κ1) is 13.0.